The van der Waals surface area contributed by atoms with Crippen molar-refractivity contribution in [2.75, 3.05) is 19.5 Å². The summed E-state index contributed by atoms with van der Waals surface area (Å²) in [6.45, 7) is 5.52. The number of carbonyl (C=O) groups excluding carboxylic acids is 2. The van der Waals surface area contributed by atoms with Crippen LogP contribution in [0.4, 0.5) is 0 Å². The molecule has 0 radical (unpaired) electrons. The zero-order chi connectivity index (χ0) is 12.8. The molecule has 94 valence electrons. The first-order valence-corrected chi connectivity index (χ1v) is 5.90. The molecule has 6 heteroatoms. The maximum absolute atomic E-state index is 11.4. The molecule has 2 N–H and O–H groups in total. The van der Waals surface area contributed by atoms with Crippen LogP contribution in [0.3, 0.4) is 0 Å². The van der Waals surface area contributed by atoms with Gasteiger partial charge in [0.05, 0.1) is 19.5 Å². The van der Waals surface area contributed by atoms with Gasteiger partial charge in [-0.15, -0.1) is 11.8 Å². The molecule has 1 unspecified atom stereocenters. The fraction of sp³-hybridized carbons (Fsp3) is 0.800. The highest BCUT2D eigenvalue weighted by Gasteiger charge is 2.21. The van der Waals surface area contributed by atoms with Crippen molar-refractivity contribution in [3.63, 3.8) is 0 Å². The van der Waals surface area contributed by atoms with Crippen molar-refractivity contribution in [1.82, 2.24) is 5.32 Å². The fourth-order valence-electron chi connectivity index (χ4n) is 0.839. The molecule has 0 aliphatic rings. The maximum Gasteiger partial charge on any atom is 0.330 e. The van der Waals surface area contributed by atoms with E-state index in [0.29, 0.717) is 0 Å². The van der Waals surface area contributed by atoms with Gasteiger partial charge in [-0.25, -0.2) is 4.79 Å². The second-order valence-corrected chi connectivity index (χ2v) is 6.03. The Balaban J connectivity index is 4.07. The Bertz CT molecular complexity index is 250. The molecule has 0 aliphatic carbocycles. The van der Waals surface area contributed by atoms with Crippen molar-refractivity contribution in [1.29, 1.82) is 0 Å². The number of methoxy groups -OCH3 is 1. The molecule has 1 amide bonds. The zero-order valence-electron chi connectivity index (χ0n) is 10.1. The van der Waals surface area contributed by atoms with Gasteiger partial charge in [-0.3, -0.25) is 4.79 Å². The Kier molecular flexibility index (Phi) is 6.43. The van der Waals surface area contributed by atoms with Crippen LogP contribution in [-0.2, 0) is 14.3 Å². The third-order valence-electron chi connectivity index (χ3n) is 1.64. The first-order chi connectivity index (χ1) is 7.30. The minimum Gasteiger partial charge on any atom is -0.467 e. The molecular weight excluding hydrogens is 230 g/mol. The molecule has 0 bridgehead atoms. The van der Waals surface area contributed by atoms with Gasteiger partial charge in [0.1, 0.15) is 0 Å². The highest BCUT2D eigenvalue weighted by molar-refractivity contribution is 8.01. The number of amides is 1. The van der Waals surface area contributed by atoms with Crippen LogP contribution in [0.25, 0.3) is 0 Å². The Labute approximate surface area is 99.9 Å². The quantitative estimate of drug-likeness (QED) is 0.679. The number of thioether (sulfide) groups is 1. The van der Waals surface area contributed by atoms with Gasteiger partial charge in [0.25, 0.3) is 0 Å². The minimum absolute atomic E-state index is 0.0166. The number of aliphatic hydroxyl groups excluding tert-OH is 1. The summed E-state index contributed by atoms with van der Waals surface area (Å²) in [5.41, 5.74) is 0. The van der Waals surface area contributed by atoms with E-state index in [2.05, 4.69) is 10.1 Å². The standard InChI is InChI=1S/C10H19NO4S/c1-10(2,3)16-6-8(13)11-7(5-12)9(14)15-4/h7,12H,5-6H2,1-4H3,(H,11,13). The third kappa shape index (κ3) is 6.68. The van der Waals surface area contributed by atoms with E-state index in [9.17, 15) is 9.59 Å². The largest absolute Gasteiger partial charge is 0.467 e. The summed E-state index contributed by atoms with van der Waals surface area (Å²) < 4.78 is 4.41. The molecule has 5 nitrogen and oxygen atoms in total. The molecule has 16 heavy (non-hydrogen) atoms. The molecule has 0 saturated carbocycles. The van der Waals surface area contributed by atoms with E-state index < -0.39 is 18.6 Å². The van der Waals surface area contributed by atoms with Crippen LogP contribution in [0.5, 0.6) is 0 Å². The van der Waals surface area contributed by atoms with Crippen molar-refractivity contribution >= 4 is 23.6 Å². The highest BCUT2D eigenvalue weighted by atomic mass is 32.2. The molecule has 0 saturated heterocycles. The molecule has 0 heterocycles. The summed E-state index contributed by atoms with van der Waals surface area (Å²) in [6, 6.07) is -0.974. The number of hydrogen-bond acceptors (Lipinski definition) is 5. The van der Waals surface area contributed by atoms with E-state index in [4.69, 9.17) is 5.11 Å². The van der Waals surface area contributed by atoms with Crippen LogP contribution in [-0.4, -0.2) is 47.2 Å². The van der Waals surface area contributed by atoms with Gasteiger partial charge in [0.2, 0.25) is 5.91 Å². The Hall–Kier alpha value is -0.750. The molecule has 0 rings (SSSR count). The number of ether oxygens (including phenoxy) is 1. The normalized spacial score (nSPS) is 13.1. The van der Waals surface area contributed by atoms with Crippen LogP contribution in [0.1, 0.15) is 20.8 Å². The van der Waals surface area contributed by atoms with Crippen molar-refractivity contribution in [3.8, 4) is 0 Å². The van der Waals surface area contributed by atoms with E-state index >= 15 is 0 Å². The van der Waals surface area contributed by atoms with E-state index in [0.717, 1.165) is 0 Å². The van der Waals surface area contributed by atoms with E-state index in [1.807, 2.05) is 20.8 Å². The predicted molar refractivity (Wildman–Crippen MR) is 63.2 cm³/mol. The second kappa shape index (κ2) is 6.75. The average molecular weight is 249 g/mol. The van der Waals surface area contributed by atoms with Gasteiger partial charge in [0, 0.05) is 4.75 Å². The SMILES string of the molecule is COC(=O)C(CO)NC(=O)CSC(C)(C)C. The van der Waals surface area contributed by atoms with Crippen molar-refractivity contribution in [2.24, 2.45) is 0 Å². The molecule has 1 atom stereocenters. The van der Waals surface area contributed by atoms with Crippen LogP contribution in [0.15, 0.2) is 0 Å². The summed E-state index contributed by atoms with van der Waals surface area (Å²) in [4.78, 5) is 22.5. The molecule has 0 aliphatic heterocycles. The number of nitrogens with one attached hydrogen (secondary N) is 1. The topological polar surface area (TPSA) is 75.6 Å². The van der Waals surface area contributed by atoms with Gasteiger partial charge < -0.3 is 15.2 Å². The summed E-state index contributed by atoms with van der Waals surface area (Å²) in [5, 5.41) is 11.3. The Morgan fingerprint density at radius 3 is 2.38 bits per heavy atom. The highest BCUT2D eigenvalue weighted by Crippen LogP contribution is 2.22. The number of rotatable bonds is 5. The third-order valence-corrected chi connectivity index (χ3v) is 2.91. The molecular formula is C10H19NO4S. The van der Waals surface area contributed by atoms with Crippen molar-refractivity contribution < 1.29 is 19.4 Å². The van der Waals surface area contributed by atoms with Crippen LogP contribution >= 0.6 is 11.8 Å². The number of esters is 1. The summed E-state index contributed by atoms with van der Waals surface area (Å²) >= 11 is 1.47. The lowest BCUT2D eigenvalue weighted by molar-refractivity contribution is -0.145. The zero-order valence-corrected chi connectivity index (χ0v) is 10.9. The van der Waals surface area contributed by atoms with E-state index in [1.54, 1.807) is 0 Å². The average Bonchev–Trinajstić information content (AvgIpc) is 2.21. The van der Waals surface area contributed by atoms with Crippen LogP contribution in [0, 0.1) is 0 Å². The number of carbonyl (C=O) groups is 2. The second-order valence-electron chi connectivity index (χ2n) is 4.23. The lowest BCUT2D eigenvalue weighted by Crippen LogP contribution is -2.45. The van der Waals surface area contributed by atoms with Crippen LogP contribution in [0.2, 0.25) is 0 Å². The minimum atomic E-state index is -0.974. The molecule has 0 spiro atoms. The molecule has 0 aromatic heterocycles. The lowest BCUT2D eigenvalue weighted by atomic mass is 10.3. The predicted octanol–water partition coefficient (Wildman–Crippen LogP) is 0.168. The maximum atomic E-state index is 11.4. The van der Waals surface area contributed by atoms with Crippen molar-refractivity contribution in [3.05, 3.63) is 0 Å². The van der Waals surface area contributed by atoms with Crippen LogP contribution < -0.4 is 5.32 Å². The van der Waals surface area contributed by atoms with Gasteiger partial charge in [-0.1, -0.05) is 20.8 Å². The molecule has 0 aromatic rings. The molecule has 0 aromatic carbocycles. The van der Waals surface area contributed by atoms with Gasteiger partial charge >= 0.3 is 5.97 Å². The van der Waals surface area contributed by atoms with E-state index in [-0.39, 0.29) is 16.4 Å². The smallest absolute Gasteiger partial charge is 0.330 e. The Morgan fingerprint density at radius 1 is 1.44 bits per heavy atom. The monoisotopic (exact) mass is 249 g/mol. The van der Waals surface area contributed by atoms with Gasteiger partial charge in [-0.2, -0.15) is 0 Å². The summed E-state index contributed by atoms with van der Waals surface area (Å²) in [6.07, 6.45) is 0. The Morgan fingerprint density at radius 2 is 2.00 bits per heavy atom. The van der Waals surface area contributed by atoms with Gasteiger partial charge in [-0.05, 0) is 0 Å². The van der Waals surface area contributed by atoms with Gasteiger partial charge in [0.15, 0.2) is 6.04 Å². The summed E-state index contributed by atoms with van der Waals surface area (Å²) in [7, 11) is 1.21. The van der Waals surface area contributed by atoms with Crippen molar-refractivity contribution in [2.45, 2.75) is 31.6 Å². The summed E-state index contributed by atoms with van der Waals surface area (Å²) in [5.74, 6) is -0.683. The molecule has 0 fully saturated rings. The number of aliphatic hydroxyl groups is 1. The lowest BCUT2D eigenvalue weighted by Gasteiger charge is -2.18. The first-order valence-electron chi connectivity index (χ1n) is 4.92. The van der Waals surface area contributed by atoms with E-state index in [1.165, 1.54) is 18.9 Å². The first kappa shape index (κ1) is 15.2. The fourth-order valence-corrected chi connectivity index (χ4v) is 1.49. The number of hydrogen-bond donors (Lipinski definition) is 2.